The van der Waals surface area contributed by atoms with Gasteiger partial charge in [0.05, 0.1) is 11.2 Å². The first-order valence-electron chi connectivity index (χ1n) is 10.1. The van der Waals surface area contributed by atoms with Gasteiger partial charge in [-0.15, -0.1) is 0 Å². The van der Waals surface area contributed by atoms with E-state index in [2.05, 4.69) is 20.4 Å². The van der Waals surface area contributed by atoms with Gasteiger partial charge in [0.15, 0.2) is 5.71 Å². The molecule has 1 heterocycles. The number of carbonyl (C=O) groups excluding carboxylic acids is 1. The summed E-state index contributed by atoms with van der Waals surface area (Å²) in [4.78, 5) is 11.5. The molecule has 32 heavy (non-hydrogen) atoms. The number of aromatic hydroxyl groups is 1. The van der Waals surface area contributed by atoms with Crippen molar-refractivity contribution in [2.75, 3.05) is 12.3 Å². The molecule has 0 fully saturated rings. The first kappa shape index (κ1) is 23.4. The van der Waals surface area contributed by atoms with Crippen molar-refractivity contribution in [2.45, 2.75) is 25.7 Å². The van der Waals surface area contributed by atoms with Crippen LogP contribution in [-0.4, -0.2) is 46.6 Å². The summed E-state index contributed by atoms with van der Waals surface area (Å²) >= 11 is 0. The summed E-state index contributed by atoms with van der Waals surface area (Å²) in [6.07, 6.45) is 4.89. The molecule has 1 aliphatic rings. The second kappa shape index (κ2) is 9.10. The normalized spacial score (nSPS) is 15.1. The third kappa shape index (κ3) is 5.15. The van der Waals surface area contributed by atoms with Gasteiger partial charge in [0, 0.05) is 35.8 Å². The van der Waals surface area contributed by atoms with Crippen LogP contribution in [0, 0.1) is 0 Å². The highest BCUT2D eigenvalue weighted by Crippen LogP contribution is 2.40. The van der Waals surface area contributed by atoms with Crippen LogP contribution >= 0.6 is 0 Å². The van der Waals surface area contributed by atoms with Crippen LogP contribution in [0.4, 0.5) is 5.69 Å². The molecule has 2 N–H and O–H groups in total. The maximum Gasteiger partial charge on any atom is 0.335 e. The van der Waals surface area contributed by atoms with Crippen molar-refractivity contribution in [3.8, 4) is 11.5 Å². The molecule has 0 aliphatic carbocycles. The van der Waals surface area contributed by atoms with Crippen LogP contribution in [0.1, 0.15) is 31.4 Å². The molecule has 0 spiro atoms. The maximum absolute atomic E-state index is 11.5. The molecular weight excluding hydrogens is 430 g/mol. The first-order valence-corrected chi connectivity index (χ1v) is 11.7. The molecule has 2 aromatic rings. The predicted octanol–water partition coefficient (Wildman–Crippen LogP) is 3.85. The molecule has 0 atom stereocenters. The molecule has 0 amide bonds. The van der Waals surface area contributed by atoms with Crippen LogP contribution < -0.4 is 4.74 Å². The number of phenols is 1. The number of ether oxygens (including phenoxy) is 1. The molecule has 1 aliphatic heterocycles. The zero-order chi connectivity index (χ0) is 23.5. The van der Waals surface area contributed by atoms with Crippen LogP contribution in [0.15, 0.2) is 61.2 Å². The van der Waals surface area contributed by atoms with Crippen LogP contribution in [-0.2, 0) is 20.3 Å². The predicted molar refractivity (Wildman–Crippen MR) is 123 cm³/mol. The Labute approximate surface area is 187 Å². The second-order valence-corrected chi connectivity index (χ2v) is 9.57. The molecule has 7 nitrogen and oxygen atoms in total. The number of carbonyl (C=O) groups is 1. The highest BCUT2D eigenvalue weighted by molar-refractivity contribution is 7.85. The van der Waals surface area contributed by atoms with E-state index in [1.807, 2.05) is 34.9 Å². The van der Waals surface area contributed by atoms with Gasteiger partial charge < -0.3 is 9.84 Å². The van der Waals surface area contributed by atoms with Gasteiger partial charge in [-0.3, -0.25) is 4.55 Å². The fourth-order valence-corrected chi connectivity index (χ4v) is 4.34. The van der Waals surface area contributed by atoms with E-state index in [1.54, 1.807) is 12.1 Å². The van der Waals surface area contributed by atoms with Gasteiger partial charge in [0.1, 0.15) is 18.0 Å². The number of nitrogens with zero attached hydrogens (tertiary/aromatic N) is 1. The Balaban J connectivity index is 2.00. The number of para-hydroxylation sites is 1. The summed E-state index contributed by atoms with van der Waals surface area (Å²) < 4.78 is 38.6. The third-order valence-corrected chi connectivity index (χ3v) is 6.19. The molecular formula is C24H26NO6S+. The van der Waals surface area contributed by atoms with Crippen molar-refractivity contribution in [1.82, 2.24) is 0 Å². The van der Waals surface area contributed by atoms with Crippen LogP contribution in [0.2, 0.25) is 0 Å². The highest BCUT2D eigenvalue weighted by atomic mass is 32.2. The summed E-state index contributed by atoms with van der Waals surface area (Å²) in [7, 11) is -4.05. The zero-order valence-corrected chi connectivity index (χ0v) is 18.8. The Morgan fingerprint density at radius 2 is 1.91 bits per heavy atom. The van der Waals surface area contributed by atoms with E-state index in [1.165, 1.54) is 12.1 Å². The van der Waals surface area contributed by atoms with Gasteiger partial charge in [-0.1, -0.05) is 24.8 Å². The topological polar surface area (TPSA) is 104 Å². The van der Waals surface area contributed by atoms with Gasteiger partial charge in [-0.2, -0.15) is 13.0 Å². The lowest BCUT2D eigenvalue weighted by molar-refractivity contribution is -0.437. The van der Waals surface area contributed by atoms with E-state index < -0.39 is 16.1 Å². The van der Waals surface area contributed by atoms with E-state index in [-0.39, 0.29) is 29.1 Å². The van der Waals surface area contributed by atoms with Crippen molar-refractivity contribution in [3.05, 3.63) is 72.3 Å². The molecule has 0 radical (unpaired) electrons. The minimum absolute atomic E-state index is 0.0199. The smallest absolute Gasteiger partial charge is 0.335 e. The van der Waals surface area contributed by atoms with Crippen LogP contribution in [0.5, 0.6) is 11.5 Å². The number of allylic oxidation sites excluding steroid dienone is 1. The monoisotopic (exact) mass is 456 g/mol. The molecule has 0 bridgehead atoms. The summed E-state index contributed by atoms with van der Waals surface area (Å²) in [5.74, 6) is -0.638. The number of hydrogen-bond donors (Lipinski definition) is 2. The van der Waals surface area contributed by atoms with Crippen LogP contribution in [0.3, 0.4) is 0 Å². The molecule has 3 rings (SSSR count). The van der Waals surface area contributed by atoms with E-state index in [4.69, 9.17) is 9.29 Å². The molecule has 2 aromatic carbocycles. The zero-order valence-electron chi connectivity index (χ0n) is 18.0. The fraction of sp³-hybridized carbons (Fsp3) is 0.250. The second-order valence-electron chi connectivity index (χ2n) is 8.00. The highest BCUT2D eigenvalue weighted by Gasteiger charge is 2.43. The van der Waals surface area contributed by atoms with E-state index in [9.17, 15) is 18.3 Å². The molecule has 8 heteroatoms. The lowest BCUT2D eigenvalue weighted by atomic mass is 9.81. The molecule has 0 unspecified atom stereocenters. The first-order chi connectivity index (χ1) is 15.0. The lowest BCUT2D eigenvalue weighted by Crippen LogP contribution is -2.28. The fourth-order valence-electron chi connectivity index (χ4n) is 3.84. The Morgan fingerprint density at radius 3 is 2.59 bits per heavy atom. The minimum atomic E-state index is -4.05. The van der Waals surface area contributed by atoms with Crippen molar-refractivity contribution in [1.29, 1.82) is 0 Å². The number of benzene rings is 2. The van der Waals surface area contributed by atoms with Gasteiger partial charge in [0.2, 0.25) is 5.69 Å². The standard InChI is InChI=1S/C24H25NO6S/c1-4-23(27)31-18-11-12-21(26)17(16-18)10-13-22-24(2,3)19-8-5-6-9-20(19)25(22)14-7-15-32(28,29)30/h4-6,8-13,16H,1,7,14-15H2,2-3H3,(H,28,29,30)/p+1. The molecule has 168 valence electrons. The summed E-state index contributed by atoms with van der Waals surface area (Å²) in [6.45, 7) is 7.89. The van der Waals surface area contributed by atoms with Gasteiger partial charge >= 0.3 is 5.97 Å². The van der Waals surface area contributed by atoms with E-state index in [0.29, 0.717) is 12.1 Å². The molecule has 0 saturated carbocycles. The molecule has 0 saturated heterocycles. The Morgan fingerprint density at radius 1 is 1.19 bits per heavy atom. The lowest BCUT2D eigenvalue weighted by Gasteiger charge is -2.15. The average molecular weight is 457 g/mol. The van der Waals surface area contributed by atoms with E-state index >= 15 is 0 Å². The minimum Gasteiger partial charge on any atom is -0.507 e. The number of fused-ring (bicyclic) bond motifs is 1. The number of esters is 1. The number of phenolic OH excluding ortho intramolecular Hbond substituents is 1. The quantitative estimate of drug-likeness (QED) is 0.206. The Bertz CT molecular complexity index is 1220. The van der Waals surface area contributed by atoms with Crippen molar-refractivity contribution < 1.29 is 32.2 Å². The average Bonchev–Trinajstić information content (AvgIpc) is 2.94. The van der Waals surface area contributed by atoms with Crippen molar-refractivity contribution in [2.24, 2.45) is 0 Å². The van der Waals surface area contributed by atoms with Gasteiger partial charge in [0.25, 0.3) is 10.1 Å². The Kier molecular flexibility index (Phi) is 6.66. The van der Waals surface area contributed by atoms with Crippen molar-refractivity contribution >= 4 is 33.6 Å². The summed E-state index contributed by atoms with van der Waals surface area (Å²) in [6, 6.07) is 12.3. The third-order valence-electron chi connectivity index (χ3n) is 5.39. The largest absolute Gasteiger partial charge is 0.507 e. The number of rotatable bonds is 8. The maximum atomic E-state index is 11.5. The van der Waals surface area contributed by atoms with Gasteiger partial charge in [-0.25, -0.2) is 4.79 Å². The summed E-state index contributed by atoms with van der Waals surface area (Å²) in [5, 5.41) is 10.3. The van der Waals surface area contributed by atoms with Crippen molar-refractivity contribution in [3.63, 3.8) is 0 Å². The van der Waals surface area contributed by atoms with E-state index in [0.717, 1.165) is 23.0 Å². The van der Waals surface area contributed by atoms with Crippen LogP contribution in [0.25, 0.3) is 6.08 Å². The number of hydrogen-bond acceptors (Lipinski definition) is 5. The SMILES string of the molecule is C=CC(=O)Oc1ccc(O)c(/C=C/C2=[N+](CCCS(=O)(=O)O)c3ccccc3C2(C)C)c1. The Hall–Kier alpha value is -3.23. The van der Waals surface area contributed by atoms with Gasteiger partial charge in [-0.05, 0) is 38.1 Å². The summed E-state index contributed by atoms with van der Waals surface area (Å²) in [5.41, 5.74) is 3.03. The molecule has 0 aromatic heterocycles.